The Bertz CT molecular complexity index is 520. The van der Waals surface area contributed by atoms with Crippen molar-refractivity contribution in [1.29, 1.82) is 0 Å². The second-order valence-electron chi connectivity index (χ2n) is 4.59. The molecule has 1 heterocycles. The van der Waals surface area contributed by atoms with Crippen LogP contribution in [0, 0.1) is 21.8 Å². The molecule has 1 unspecified atom stereocenters. The molecule has 0 spiro atoms. The van der Waals surface area contributed by atoms with Crippen molar-refractivity contribution in [3.63, 3.8) is 0 Å². The molecule has 19 heavy (non-hydrogen) atoms. The van der Waals surface area contributed by atoms with Crippen LogP contribution in [0.3, 0.4) is 0 Å². The number of non-ortho nitro benzene ring substituents is 1. The van der Waals surface area contributed by atoms with Gasteiger partial charge in [0, 0.05) is 24.7 Å². The van der Waals surface area contributed by atoms with Gasteiger partial charge >= 0.3 is 5.97 Å². The Hall–Kier alpha value is -2.02. The summed E-state index contributed by atoms with van der Waals surface area (Å²) in [6.07, 6.45) is 0.546. The van der Waals surface area contributed by atoms with E-state index in [1.165, 1.54) is 12.1 Å². The predicted octanol–water partition coefficient (Wildman–Crippen LogP) is 1.64. The first-order chi connectivity index (χ1) is 8.97. The van der Waals surface area contributed by atoms with Gasteiger partial charge in [0.1, 0.15) is 5.82 Å². The van der Waals surface area contributed by atoms with Crippen molar-refractivity contribution in [1.82, 2.24) is 4.90 Å². The summed E-state index contributed by atoms with van der Waals surface area (Å²) in [5.41, 5.74) is 0.0581. The molecule has 2 rings (SSSR count). The molecular weight excluding hydrogens is 255 g/mol. The maximum atomic E-state index is 13.7. The zero-order valence-electron chi connectivity index (χ0n) is 10.1. The van der Waals surface area contributed by atoms with Crippen LogP contribution in [-0.2, 0) is 11.3 Å². The zero-order valence-corrected chi connectivity index (χ0v) is 10.1. The lowest BCUT2D eigenvalue weighted by Gasteiger charge is -2.15. The van der Waals surface area contributed by atoms with Crippen LogP contribution in [-0.4, -0.2) is 34.0 Å². The zero-order chi connectivity index (χ0) is 14.0. The van der Waals surface area contributed by atoms with Gasteiger partial charge in [0.2, 0.25) is 0 Å². The fourth-order valence-electron chi connectivity index (χ4n) is 2.20. The average molecular weight is 268 g/mol. The highest BCUT2D eigenvalue weighted by molar-refractivity contribution is 5.70. The van der Waals surface area contributed by atoms with E-state index >= 15 is 0 Å². The molecule has 1 atom stereocenters. The third kappa shape index (κ3) is 3.05. The van der Waals surface area contributed by atoms with E-state index in [0.717, 1.165) is 6.07 Å². The molecule has 0 amide bonds. The minimum absolute atomic E-state index is 0.271. The van der Waals surface area contributed by atoms with E-state index in [-0.39, 0.29) is 12.2 Å². The number of halogens is 1. The van der Waals surface area contributed by atoms with Crippen LogP contribution in [0.4, 0.5) is 10.1 Å². The highest BCUT2D eigenvalue weighted by Gasteiger charge is 2.28. The number of benzene rings is 1. The first kappa shape index (κ1) is 13.4. The normalized spacial score (nSPS) is 19.5. The van der Waals surface area contributed by atoms with Gasteiger partial charge in [0.05, 0.1) is 16.9 Å². The lowest BCUT2D eigenvalue weighted by molar-refractivity contribution is -0.385. The summed E-state index contributed by atoms with van der Waals surface area (Å²) >= 11 is 0. The molecule has 0 aromatic heterocycles. The standard InChI is InChI=1S/C12H13FN2O4/c13-11-5-10(15(18)19)2-1-8(11)6-14-4-3-9(7-14)12(16)17/h1-2,5,9H,3-4,6-7H2,(H,16,17). The smallest absolute Gasteiger partial charge is 0.307 e. The molecule has 0 radical (unpaired) electrons. The van der Waals surface area contributed by atoms with E-state index in [4.69, 9.17) is 5.11 Å². The molecule has 0 aliphatic carbocycles. The largest absolute Gasteiger partial charge is 0.481 e. The fourth-order valence-corrected chi connectivity index (χ4v) is 2.20. The predicted molar refractivity (Wildman–Crippen MR) is 64.1 cm³/mol. The van der Waals surface area contributed by atoms with Gasteiger partial charge in [-0.1, -0.05) is 0 Å². The summed E-state index contributed by atoms with van der Waals surface area (Å²) in [4.78, 5) is 22.5. The van der Waals surface area contributed by atoms with Crippen LogP contribution in [0.1, 0.15) is 12.0 Å². The van der Waals surface area contributed by atoms with Gasteiger partial charge in [-0.15, -0.1) is 0 Å². The Morgan fingerprint density at radius 3 is 2.84 bits per heavy atom. The van der Waals surface area contributed by atoms with Crippen LogP contribution >= 0.6 is 0 Å². The molecule has 1 N–H and O–H groups in total. The number of aliphatic carboxylic acids is 1. The van der Waals surface area contributed by atoms with Gasteiger partial charge in [0.25, 0.3) is 5.69 Å². The van der Waals surface area contributed by atoms with Gasteiger partial charge in [-0.3, -0.25) is 19.8 Å². The minimum atomic E-state index is -0.841. The van der Waals surface area contributed by atoms with Gasteiger partial charge in [-0.25, -0.2) is 4.39 Å². The molecule has 102 valence electrons. The number of carboxylic acids is 1. The number of likely N-dealkylation sites (tertiary alicyclic amines) is 1. The highest BCUT2D eigenvalue weighted by Crippen LogP contribution is 2.22. The van der Waals surface area contributed by atoms with Gasteiger partial charge < -0.3 is 5.11 Å². The summed E-state index contributed by atoms with van der Waals surface area (Å²) < 4.78 is 13.7. The number of hydrogen-bond donors (Lipinski definition) is 1. The number of nitro groups is 1. The number of carboxylic acid groups (broad SMARTS) is 1. The van der Waals surface area contributed by atoms with Crippen molar-refractivity contribution >= 4 is 11.7 Å². The van der Waals surface area contributed by atoms with E-state index in [1.54, 1.807) is 0 Å². The molecule has 0 saturated carbocycles. The molecule has 1 aromatic carbocycles. The molecule has 1 aliphatic rings. The van der Waals surface area contributed by atoms with Crippen molar-refractivity contribution in [3.8, 4) is 0 Å². The number of hydrogen-bond acceptors (Lipinski definition) is 4. The maximum absolute atomic E-state index is 13.7. The van der Waals surface area contributed by atoms with Crippen LogP contribution in [0.25, 0.3) is 0 Å². The SMILES string of the molecule is O=C(O)C1CCN(Cc2ccc([N+](=O)[O-])cc2F)C1. The summed E-state index contributed by atoms with van der Waals surface area (Å²) in [6.45, 7) is 1.24. The van der Waals surface area contributed by atoms with E-state index in [1.807, 2.05) is 4.90 Å². The second kappa shape index (κ2) is 5.31. The molecule has 7 heteroatoms. The van der Waals surface area contributed by atoms with E-state index in [2.05, 4.69) is 0 Å². The van der Waals surface area contributed by atoms with Crippen molar-refractivity contribution in [2.45, 2.75) is 13.0 Å². The lowest BCUT2D eigenvalue weighted by Crippen LogP contribution is -2.23. The minimum Gasteiger partial charge on any atom is -0.481 e. The van der Waals surface area contributed by atoms with Crippen LogP contribution < -0.4 is 0 Å². The van der Waals surface area contributed by atoms with E-state index in [0.29, 0.717) is 25.1 Å². The topological polar surface area (TPSA) is 83.7 Å². The summed E-state index contributed by atoms with van der Waals surface area (Å²) in [5, 5.41) is 19.4. The first-order valence-corrected chi connectivity index (χ1v) is 5.85. The monoisotopic (exact) mass is 268 g/mol. The molecule has 0 bridgehead atoms. The van der Waals surface area contributed by atoms with Crippen LogP contribution in [0.5, 0.6) is 0 Å². The highest BCUT2D eigenvalue weighted by atomic mass is 19.1. The summed E-state index contributed by atoms with van der Waals surface area (Å²) in [5.74, 6) is -1.89. The van der Waals surface area contributed by atoms with Crippen molar-refractivity contribution in [2.24, 2.45) is 5.92 Å². The third-order valence-corrected chi connectivity index (χ3v) is 3.26. The first-order valence-electron chi connectivity index (χ1n) is 5.85. The Morgan fingerprint density at radius 1 is 1.58 bits per heavy atom. The Balaban J connectivity index is 2.04. The Labute approximate surface area is 108 Å². The fraction of sp³-hybridized carbons (Fsp3) is 0.417. The van der Waals surface area contributed by atoms with Gasteiger partial charge in [-0.2, -0.15) is 0 Å². The second-order valence-corrected chi connectivity index (χ2v) is 4.59. The maximum Gasteiger partial charge on any atom is 0.307 e. The summed E-state index contributed by atoms with van der Waals surface area (Å²) in [7, 11) is 0. The van der Waals surface area contributed by atoms with Crippen LogP contribution in [0.15, 0.2) is 18.2 Å². The van der Waals surface area contributed by atoms with Gasteiger partial charge in [0.15, 0.2) is 0 Å². The van der Waals surface area contributed by atoms with Gasteiger partial charge in [-0.05, 0) is 19.0 Å². The molecule has 1 aliphatic heterocycles. The molecule has 1 saturated heterocycles. The van der Waals surface area contributed by atoms with Crippen molar-refractivity contribution in [3.05, 3.63) is 39.7 Å². The van der Waals surface area contributed by atoms with Crippen molar-refractivity contribution in [2.75, 3.05) is 13.1 Å². The quantitative estimate of drug-likeness (QED) is 0.663. The van der Waals surface area contributed by atoms with Crippen LogP contribution in [0.2, 0.25) is 0 Å². The number of rotatable bonds is 4. The molecule has 1 fully saturated rings. The third-order valence-electron chi connectivity index (χ3n) is 3.26. The lowest BCUT2D eigenvalue weighted by atomic mass is 10.1. The summed E-state index contributed by atoms with van der Waals surface area (Å²) in [6, 6.07) is 3.52. The molecule has 1 aromatic rings. The number of carbonyl (C=O) groups is 1. The van der Waals surface area contributed by atoms with E-state index in [9.17, 15) is 19.3 Å². The average Bonchev–Trinajstić information content (AvgIpc) is 2.80. The number of nitro benzene ring substituents is 1. The Morgan fingerprint density at radius 2 is 2.32 bits per heavy atom. The van der Waals surface area contributed by atoms with E-state index < -0.39 is 22.6 Å². The molecule has 6 nitrogen and oxygen atoms in total. The molecular formula is C12H13FN2O4. The number of nitrogens with zero attached hydrogens (tertiary/aromatic N) is 2. The van der Waals surface area contributed by atoms with Crippen molar-refractivity contribution < 1.29 is 19.2 Å². The Kier molecular flexibility index (Phi) is 3.75.